The van der Waals surface area contributed by atoms with E-state index in [0.29, 0.717) is 12.0 Å². The standard InChI is InChI=1S/C7H12N2OS/c8-7-9-6-3-10-2-1-5(6)4-11-7/h5-6H,1-4H2,(H2,8,9). The number of thioether (sulfide) groups is 1. The lowest BCUT2D eigenvalue weighted by Crippen LogP contribution is -2.37. The van der Waals surface area contributed by atoms with E-state index < -0.39 is 0 Å². The third kappa shape index (κ3) is 1.51. The molecule has 2 heterocycles. The Morgan fingerprint density at radius 3 is 3.45 bits per heavy atom. The van der Waals surface area contributed by atoms with Gasteiger partial charge in [0.1, 0.15) is 0 Å². The molecule has 62 valence electrons. The van der Waals surface area contributed by atoms with Gasteiger partial charge in [0.05, 0.1) is 12.6 Å². The van der Waals surface area contributed by atoms with Crippen molar-refractivity contribution in [2.45, 2.75) is 12.5 Å². The fraction of sp³-hybridized carbons (Fsp3) is 0.857. The average Bonchev–Trinajstić information content (AvgIpc) is 2.04. The number of fused-ring (bicyclic) bond motifs is 1. The van der Waals surface area contributed by atoms with Gasteiger partial charge in [0.15, 0.2) is 5.17 Å². The highest BCUT2D eigenvalue weighted by molar-refractivity contribution is 8.13. The Labute approximate surface area is 70.4 Å². The quantitative estimate of drug-likeness (QED) is 0.577. The van der Waals surface area contributed by atoms with Crippen LogP contribution in [0.1, 0.15) is 6.42 Å². The molecule has 2 aliphatic heterocycles. The topological polar surface area (TPSA) is 47.6 Å². The molecule has 2 rings (SSSR count). The molecular weight excluding hydrogens is 160 g/mol. The molecule has 11 heavy (non-hydrogen) atoms. The first-order chi connectivity index (χ1) is 5.36. The largest absolute Gasteiger partial charge is 0.379 e. The monoisotopic (exact) mass is 172 g/mol. The van der Waals surface area contributed by atoms with Crippen LogP contribution >= 0.6 is 11.8 Å². The van der Waals surface area contributed by atoms with Crippen LogP contribution in [0.3, 0.4) is 0 Å². The minimum atomic E-state index is 0.352. The summed E-state index contributed by atoms with van der Waals surface area (Å²) in [4.78, 5) is 4.34. The summed E-state index contributed by atoms with van der Waals surface area (Å²) in [6.45, 7) is 1.67. The fourth-order valence-corrected chi connectivity index (χ4v) is 2.48. The van der Waals surface area contributed by atoms with Gasteiger partial charge >= 0.3 is 0 Å². The summed E-state index contributed by atoms with van der Waals surface area (Å²) in [7, 11) is 0. The Morgan fingerprint density at radius 2 is 2.55 bits per heavy atom. The lowest BCUT2D eigenvalue weighted by Gasteiger charge is -2.31. The van der Waals surface area contributed by atoms with Crippen LogP contribution in [0.5, 0.6) is 0 Å². The highest BCUT2D eigenvalue weighted by atomic mass is 32.2. The van der Waals surface area contributed by atoms with Gasteiger partial charge in [-0.2, -0.15) is 0 Å². The zero-order valence-electron chi connectivity index (χ0n) is 6.32. The second-order valence-electron chi connectivity index (χ2n) is 2.97. The van der Waals surface area contributed by atoms with Crippen LogP contribution in [0.15, 0.2) is 4.99 Å². The molecule has 1 fully saturated rings. The Bertz CT molecular complexity index is 183. The van der Waals surface area contributed by atoms with E-state index in [1.807, 2.05) is 0 Å². The number of nitrogens with zero attached hydrogens (tertiary/aromatic N) is 1. The van der Waals surface area contributed by atoms with Crippen molar-refractivity contribution in [2.75, 3.05) is 19.0 Å². The Hall–Kier alpha value is -0.220. The summed E-state index contributed by atoms with van der Waals surface area (Å²) in [5.74, 6) is 1.84. The van der Waals surface area contributed by atoms with Gasteiger partial charge in [0.25, 0.3) is 0 Å². The van der Waals surface area contributed by atoms with Gasteiger partial charge in [-0.25, -0.2) is 0 Å². The molecule has 0 spiro atoms. The number of amidine groups is 1. The molecule has 2 unspecified atom stereocenters. The average molecular weight is 172 g/mol. The molecule has 0 aliphatic carbocycles. The van der Waals surface area contributed by atoms with E-state index in [1.54, 1.807) is 11.8 Å². The summed E-state index contributed by atoms with van der Waals surface area (Å²) in [5.41, 5.74) is 5.60. The number of ether oxygens (including phenoxy) is 1. The third-order valence-corrected chi connectivity index (χ3v) is 3.20. The number of nitrogens with two attached hydrogens (primary N) is 1. The zero-order valence-corrected chi connectivity index (χ0v) is 7.14. The number of rotatable bonds is 0. The molecule has 2 aliphatic rings. The van der Waals surface area contributed by atoms with E-state index in [1.165, 1.54) is 0 Å². The van der Waals surface area contributed by atoms with Crippen molar-refractivity contribution in [3.05, 3.63) is 0 Å². The molecule has 0 radical (unpaired) electrons. The van der Waals surface area contributed by atoms with Crippen molar-refractivity contribution in [3.63, 3.8) is 0 Å². The Kier molecular flexibility index (Phi) is 2.05. The Balaban J connectivity index is 2.07. The predicted octanol–water partition coefficient (Wildman–Crippen LogP) is 0.453. The van der Waals surface area contributed by atoms with Crippen LogP contribution in [0.4, 0.5) is 0 Å². The van der Waals surface area contributed by atoms with Crippen LogP contribution < -0.4 is 5.73 Å². The highest BCUT2D eigenvalue weighted by Gasteiger charge is 2.28. The smallest absolute Gasteiger partial charge is 0.154 e. The van der Waals surface area contributed by atoms with Crippen molar-refractivity contribution in [1.82, 2.24) is 0 Å². The fourth-order valence-electron chi connectivity index (χ4n) is 1.50. The van der Waals surface area contributed by atoms with Gasteiger partial charge in [-0.1, -0.05) is 11.8 Å². The van der Waals surface area contributed by atoms with E-state index in [9.17, 15) is 0 Å². The number of hydrogen-bond acceptors (Lipinski definition) is 4. The molecule has 2 N–H and O–H groups in total. The van der Waals surface area contributed by atoms with Gasteiger partial charge in [0.2, 0.25) is 0 Å². The molecule has 2 atom stereocenters. The minimum Gasteiger partial charge on any atom is -0.379 e. The highest BCUT2D eigenvalue weighted by Crippen LogP contribution is 2.27. The van der Waals surface area contributed by atoms with Crippen molar-refractivity contribution in [3.8, 4) is 0 Å². The van der Waals surface area contributed by atoms with Crippen LogP contribution in [0.25, 0.3) is 0 Å². The molecule has 0 aromatic carbocycles. The maximum absolute atomic E-state index is 5.60. The lowest BCUT2D eigenvalue weighted by atomic mass is 9.97. The normalized spacial score (nSPS) is 37.6. The first-order valence-corrected chi connectivity index (χ1v) is 4.88. The van der Waals surface area contributed by atoms with E-state index in [4.69, 9.17) is 10.5 Å². The lowest BCUT2D eigenvalue weighted by molar-refractivity contribution is 0.0562. The molecule has 4 heteroatoms. The van der Waals surface area contributed by atoms with Gasteiger partial charge in [-0.15, -0.1) is 0 Å². The molecule has 1 saturated heterocycles. The van der Waals surface area contributed by atoms with Gasteiger partial charge in [-0.3, -0.25) is 4.99 Å². The summed E-state index contributed by atoms with van der Waals surface area (Å²) >= 11 is 1.68. The number of hydrogen-bond donors (Lipinski definition) is 1. The van der Waals surface area contributed by atoms with E-state index >= 15 is 0 Å². The molecular formula is C7H12N2OS. The maximum Gasteiger partial charge on any atom is 0.154 e. The molecule has 0 aromatic rings. The van der Waals surface area contributed by atoms with Crippen LogP contribution in [-0.2, 0) is 4.74 Å². The predicted molar refractivity (Wildman–Crippen MR) is 46.8 cm³/mol. The van der Waals surface area contributed by atoms with Crippen LogP contribution in [-0.4, -0.2) is 30.2 Å². The molecule has 3 nitrogen and oxygen atoms in total. The van der Waals surface area contributed by atoms with Gasteiger partial charge < -0.3 is 10.5 Å². The molecule has 0 aromatic heterocycles. The third-order valence-electron chi connectivity index (χ3n) is 2.20. The molecule has 0 amide bonds. The summed E-state index contributed by atoms with van der Waals surface area (Å²) in [6, 6.07) is 0.352. The number of aliphatic imine (C=N–C) groups is 1. The second kappa shape index (κ2) is 3.03. The second-order valence-corrected chi connectivity index (χ2v) is 4.01. The van der Waals surface area contributed by atoms with Crippen molar-refractivity contribution in [1.29, 1.82) is 0 Å². The van der Waals surface area contributed by atoms with Crippen LogP contribution in [0.2, 0.25) is 0 Å². The van der Waals surface area contributed by atoms with Crippen molar-refractivity contribution >= 4 is 16.9 Å². The Morgan fingerprint density at radius 1 is 1.64 bits per heavy atom. The molecule has 0 saturated carbocycles. The summed E-state index contributed by atoms with van der Waals surface area (Å²) in [6.07, 6.45) is 1.15. The van der Waals surface area contributed by atoms with E-state index in [0.717, 1.165) is 30.6 Å². The summed E-state index contributed by atoms with van der Waals surface area (Å²) in [5, 5.41) is 0.733. The van der Waals surface area contributed by atoms with E-state index in [-0.39, 0.29) is 0 Å². The summed E-state index contributed by atoms with van der Waals surface area (Å²) < 4.78 is 5.32. The first-order valence-electron chi connectivity index (χ1n) is 3.90. The van der Waals surface area contributed by atoms with Crippen LogP contribution in [0, 0.1) is 5.92 Å². The van der Waals surface area contributed by atoms with Crippen molar-refractivity contribution in [2.24, 2.45) is 16.6 Å². The molecule has 0 bridgehead atoms. The SMILES string of the molecule is NC1=NC2COCCC2CS1. The van der Waals surface area contributed by atoms with Crippen molar-refractivity contribution < 1.29 is 4.74 Å². The van der Waals surface area contributed by atoms with E-state index in [2.05, 4.69) is 4.99 Å². The van der Waals surface area contributed by atoms with Gasteiger partial charge in [0, 0.05) is 12.4 Å². The minimum absolute atomic E-state index is 0.352. The van der Waals surface area contributed by atoms with Gasteiger partial charge in [-0.05, 0) is 12.3 Å². The maximum atomic E-state index is 5.60. The first kappa shape index (κ1) is 7.43. The zero-order chi connectivity index (χ0) is 7.68.